The summed E-state index contributed by atoms with van der Waals surface area (Å²) in [7, 11) is 2.17. The molecule has 4 aromatic rings. The van der Waals surface area contributed by atoms with Crippen molar-refractivity contribution in [3.63, 3.8) is 0 Å². The highest BCUT2D eigenvalue weighted by Gasteiger charge is 2.17. The van der Waals surface area contributed by atoms with Crippen molar-refractivity contribution in [1.29, 1.82) is 0 Å². The number of aromatic amines is 1. The number of fused-ring (bicyclic) bond motifs is 2. The molecule has 5 rings (SSSR count). The third-order valence-corrected chi connectivity index (χ3v) is 6.13. The first-order valence-corrected chi connectivity index (χ1v) is 10.8. The first-order valence-electron chi connectivity index (χ1n) is 10.8. The van der Waals surface area contributed by atoms with Crippen LogP contribution in [0.25, 0.3) is 21.9 Å². The minimum Gasteiger partial charge on any atom is -0.369 e. The second-order valence-electron chi connectivity index (χ2n) is 8.06. The lowest BCUT2D eigenvalue weighted by atomic mass is 10.1. The van der Waals surface area contributed by atoms with E-state index in [0.29, 0.717) is 13.1 Å². The van der Waals surface area contributed by atoms with E-state index >= 15 is 0 Å². The molecule has 8 heteroatoms. The van der Waals surface area contributed by atoms with Gasteiger partial charge in [0.1, 0.15) is 12.1 Å². The first-order chi connectivity index (χ1) is 15.1. The summed E-state index contributed by atoms with van der Waals surface area (Å²) >= 11 is 0. The molecule has 0 radical (unpaired) electrons. The molecule has 160 valence electrons. The van der Waals surface area contributed by atoms with E-state index in [4.69, 9.17) is 0 Å². The molecule has 0 aliphatic carbocycles. The van der Waals surface area contributed by atoms with Crippen molar-refractivity contribution in [2.75, 3.05) is 43.4 Å². The van der Waals surface area contributed by atoms with E-state index in [1.165, 1.54) is 11.3 Å². The number of imidazole rings is 1. The molecule has 2 aromatic carbocycles. The molecule has 1 fully saturated rings. The highest BCUT2D eigenvalue weighted by molar-refractivity contribution is 5.98. The molecule has 1 aliphatic heterocycles. The summed E-state index contributed by atoms with van der Waals surface area (Å²) in [6.07, 6.45) is 1.57. The fraction of sp³-hybridized carbons (Fsp3) is 0.348. The molecular weight excluding hydrogens is 390 g/mol. The average Bonchev–Trinajstić information content (AvgIpc) is 3.10. The van der Waals surface area contributed by atoms with Gasteiger partial charge in [0.15, 0.2) is 0 Å². The largest absolute Gasteiger partial charge is 0.369 e. The lowest BCUT2D eigenvalue weighted by Crippen LogP contribution is -2.44. The molecule has 0 saturated carbocycles. The highest BCUT2D eigenvalue weighted by atomic mass is 16.1. The first kappa shape index (κ1) is 19.6. The van der Waals surface area contributed by atoms with E-state index in [1.54, 1.807) is 10.9 Å². The number of H-pyrrole nitrogens is 1. The van der Waals surface area contributed by atoms with Gasteiger partial charge in [0, 0.05) is 50.3 Å². The van der Waals surface area contributed by atoms with E-state index in [1.807, 2.05) is 19.1 Å². The summed E-state index contributed by atoms with van der Waals surface area (Å²) < 4.78 is 1.72. The highest BCUT2D eigenvalue weighted by Crippen LogP contribution is 2.26. The summed E-state index contributed by atoms with van der Waals surface area (Å²) in [4.78, 5) is 28.9. The molecule has 2 aromatic heterocycles. The van der Waals surface area contributed by atoms with Crippen LogP contribution >= 0.6 is 0 Å². The number of rotatable bonds is 5. The maximum absolute atomic E-state index is 12.2. The number of anilines is 2. The van der Waals surface area contributed by atoms with Gasteiger partial charge in [-0.1, -0.05) is 18.2 Å². The number of aromatic nitrogens is 4. The van der Waals surface area contributed by atoms with Gasteiger partial charge in [-0.2, -0.15) is 0 Å². The van der Waals surface area contributed by atoms with Crippen LogP contribution in [0.4, 0.5) is 11.5 Å². The number of piperazine rings is 1. The molecule has 3 heterocycles. The van der Waals surface area contributed by atoms with E-state index in [-0.39, 0.29) is 5.69 Å². The van der Waals surface area contributed by atoms with Gasteiger partial charge in [0.2, 0.25) is 0 Å². The molecule has 0 bridgehead atoms. The van der Waals surface area contributed by atoms with Crippen LogP contribution in [0.15, 0.2) is 47.5 Å². The Morgan fingerprint density at radius 1 is 1.10 bits per heavy atom. The summed E-state index contributed by atoms with van der Waals surface area (Å²) in [6.45, 7) is 7.45. The zero-order chi connectivity index (χ0) is 21.4. The number of benzene rings is 2. The second kappa shape index (κ2) is 8.03. The van der Waals surface area contributed by atoms with Crippen LogP contribution in [0.1, 0.15) is 12.5 Å². The lowest BCUT2D eigenvalue weighted by Gasteiger charge is -2.35. The fourth-order valence-corrected chi connectivity index (χ4v) is 4.36. The van der Waals surface area contributed by atoms with E-state index in [0.717, 1.165) is 53.9 Å². The van der Waals surface area contributed by atoms with Crippen molar-refractivity contribution in [3.8, 4) is 0 Å². The predicted octanol–water partition coefficient (Wildman–Crippen LogP) is 2.66. The molecule has 2 N–H and O–H groups in total. The number of likely N-dealkylation sites (N-methyl/N-ethyl adjacent to an activating group) is 1. The molecule has 1 aliphatic rings. The maximum atomic E-state index is 12.2. The number of nitrogens with one attached hydrogen (secondary N) is 2. The molecule has 0 spiro atoms. The topological polar surface area (TPSA) is 82.1 Å². The molecule has 31 heavy (non-hydrogen) atoms. The van der Waals surface area contributed by atoms with Crippen molar-refractivity contribution >= 4 is 33.4 Å². The molecule has 0 amide bonds. The monoisotopic (exact) mass is 417 g/mol. The van der Waals surface area contributed by atoms with Gasteiger partial charge in [0.25, 0.3) is 0 Å². The Morgan fingerprint density at radius 3 is 2.71 bits per heavy atom. The number of nitrogens with zero attached hydrogens (tertiary/aromatic N) is 5. The SMILES string of the molecule is CCn1c(=O)[nH]c2cc3c(NCc4ccccc4N4CCN(C)CC4)ncnc3cc21. The molecule has 8 nitrogen and oxygen atoms in total. The molecule has 0 unspecified atom stereocenters. The van der Waals surface area contributed by atoms with E-state index in [9.17, 15) is 4.79 Å². The third-order valence-electron chi connectivity index (χ3n) is 6.13. The van der Waals surface area contributed by atoms with Gasteiger partial charge in [-0.3, -0.25) is 4.57 Å². The Hall–Kier alpha value is -3.39. The summed E-state index contributed by atoms with van der Waals surface area (Å²) in [6, 6.07) is 12.5. The van der Waals surface area contributed by atoms with Gasteiger partial charge in [0.05, 0.1) is 16.6 Å². The Labute approximate surface area is 180 Å². The number of hydrogen-bond donors (Lipinski definition) is 2. The minimum atomic E-state index is -0.101. The summed E-state index contributed by atoms with van der Waals surface area (Å²) in [5, 5.41) is 4.40. The summed E-state index contributed by atoms with van der Waals surface area (Å²) in [5.74, 6) is 0.769. The Balaban J connectivity index is 1.45. The third kappa shape index (κ3) is 3.63. The van der Waals surface area contributed by atoms with Gasteiger partial charge >= 0.3 is 5.69 Å². The van der Waals surface area contributed by atoms with Crippen LogP contribution < -0.4 is 15.9 Å². The Bertz CT molecular complexity index is 1280. The van der Waals surface area contributed by atoms with Crippen molar-refractivity contribution in [2.24, 2.45) is 0 Å². The van der Waals surface area contributed by atoms with Crippen molar-refractivity contribution in [3.05, 3.63) is 58.8 Å². The number of hydrogen-bond acceptors (Lipinski definition) is 6. The number of para-hydroxylation sites is 1. The predicted molar refractivity (Wildman–Crippen MR) is 125 cm³/mol. The normalized spacial score (nSPS) is 15.1. The Kier molecular flexibility index (Phi) is 5.07. The second-order valence-corrected chi connectivity index (χ2v) is 8.06. The van der Waals surface area contributed by atoms with Crippen LogP contribution in [0, 0.1) is 0 Å². The molecular formula is C23H27N7O. The molecule has 1 saturated heterocycles. The lowest BCUT2D eigenvalue weighted by molar-refractivity contribution is 0.312. The van der Waals surface area contributed by atoms with Crippen molar-refractivity contribution in [1.82, 2.24) is 24.4 Å². The minimum absolute atomic E-state index is 0.101. The average molecular weight is 418 g/mol. The zero-order valence-electron chi connectivity index (χ0n) is 17.9. The van der Waals surface area contributed by atoms with Crippen molar-refractivity contribution < 1.29 is 0 Å². The van der Waals surface area contributed by atoms with Crippen LogP contribution in [-0.2, 0) is 13.1 Å². The van der Waals surface area contributed by atoms with Gasteiger partial charge < -0.3 is 20.1 Å². The van der Waals surface area contributed by atoms with Gasteiger partial charge in [-0.15, -0.1) is 0 Å². The zero-order valence-corrected chi connectivity index (χ0v) is 17.9. The fourth-order valence-electron chi connectivity index (χ4n) is 4.36. The number of aryl methyl sites for hydroxylation is 1. The van der Waals surface area contributed by atoms with E-state index < -0.39 is 0 Å². The van der Waals surface area contributed by atoms with Gasteiger partial charge in [-0.25, -0.2) is 14.8 Å². The van der Waals surface area contributed by atoms with Crippen LogP contribution in [0.3, 0.4) is 0 Å². The quantitative estimate of drug-likeness (QED) is 0.520. The molecule has 0 atom stereocenters. The smallest absolute Gasteiger partial charge is 0.326 e. The Morgan fingerprint density at radius 2 is 1.90 bits per heavy atom. The van der Waals surface area contributed by atoms with Crippen LogP contribution in [0.2, 0.25) is 0 Å². The summed E-state index contributed by atoms with van der Waals surface area (Å²) in [5.41, 5.74) is 4.90. The maximum Gasteiger partial charge on any atom is 0.326 e. The van der Waals surface area contributed by atoms with E-state index in [2.05, 4.69) is 61.4 Å². The van der Waals surface area contributed by atoms with Crippen molar-refractivity contribution in [2.45, 2.75) is 20.0 Å². The van der Waals surface area contributed by atoms with Crippen LogP contribution in [0.5, 0.6) is 0 Å². The van der Waals surface area contributed by atoms with Gasteiger partial charge in [-0.05, 0) is 37.7 Å². The van der Waals surface area contributed by atoms with Crippen LogP contribution in [-0.4, -0.2) is 57.6 Å². The standard InChI is InChI=1S/C23H27N7O/c1-3-30-21-13-18-17(12-19(21)27-23(30)31)22(26-15-25-18)24-14-16-6-4-5-7-20(16)29-10-8-28(2)9-11-29/h4-7,12-13,15H,3,8-11,14H2,1-2H3,(H,27,31)(H,24,25,26).